The van der Waals surface area contributed by atoms with Crippen molar-refractivity contribution in [1.29, 1.82) is 0 Å². The Morgan fingerprint density at radius 2 is 2.05 bits per heavy atom. The van der Waals surface area contributed by atoms with E-state index in [0.29, 0.717) is 5.52 Å². The van der Waals surface area contributed by atoms with Gasteiger partial charge in [-0.2, -0.15) is 8.42 Å². The highest BCUT2D eigenvalue weighted by molar-refractivity contribution is 7.91. The summed E-state index contributed by atoms with van der Waals surface area (Å²) in [5.74, 6) is -0.702. The Bertz CT molecular complexity index is 769. The number of ether oxygens (including phenoxy) is 1. The van der Waals surface area contributed by atoms with E-state index in [1.807, 2.05) is 5.32 Å². The van der Waals surface area contributed by atoms with E-state index >= 15 is 0 Å². The number of carbonyl (C=O) groups is 2. The van der Waals surface area contributed by atoms with Gasteiger partial charge in [0.05, 0.1) is 17.3 Å². The van der Waals surface area contributed by atoms with Crippen molar-refractivity contribution >= 4 is 48.9 Å². The molecule has 0 aliphatic rings. The predicted octanol–water partition coefficient (Wildman–Crippen LogP) is 0.425. The smallest absolute Gasteiger partial charge is 0.330 e. The Balaban J connectivity index is 1.98. The summed E-state index contributed by atoms with van der Waals surface area (Å²) >= 11 is 1.13. The molecular weight excluding hydrogens is 332 g/mol. The number of amides is 2. The number of hydrogen-bond donors (Lipinski definition) is 3. The molecule has 0 atom stereocenters. The van der Waals surface area contributed by atoms with Crippen molar-refractivity contribution in [3.8, 4) is 0 Å². The van der Waals surface area contributed by atoms with Gasteiger partial charge in [0, 0.05) is 0 Å². The lowest BCUT2D eigenvalue weighted by molar-refractivity contribution is -0.139. The average Bonchev–Trinajstić information content (AvgIpc) is 2.85. The first-order valence-electron chi connectivity index (χ1n) is 5.90. The van der Waals surface area contributed by atoms with E-state index < -0.39 is 28.8 Å². The van der Waals surface area contributed by atoms with Gasteiger partial charge in [0.2, 0.25) is 0 Å². The fourth-order valence-corrected chi connectivity index (χ4v) is 3.29. The summed E-state index contributed by atoms with van der Waals surface area (Å²) in [6.07, 6.45) is 0. The van der Waals surface area contributed by atoms with Crippen LogP contribution in [0.2, 0.25) is 0 Å². The molecule has 0 fully saturated rings. The largest absolute Gasteiger partial charge is 0.468 e. The fraction of sp³-hybridized carbons (Fsp3) is 0.182. The quantitative estimate of drug-likeness (QED) is 0.675. The first-order chi connectivity index (χ1) is 10.4. The Hall–Kier alpha value is -2.40. The zero-order valence-electron chi connectivity index (χ0n) is 11.3. The van der Waals surface area contributed by atoms with Crippen molar-refractivity contribution in [1.82, 2.24) is 15.0 Å². The van der Waals surface area contributed by atoms with Gasteiger partial charge in [-0.05, 0) is 12.1 Å². The van der Waals surface area contributed by atoms with E-state index in [2.05, 4.69) is 14.4 Å². The van der Waals surface area contributed by atoms with Crippen LogP contribution in [0, 0.1) is 0 Å². The standard InChI is InChI=1S/C11H12N4O5S2/c1-20-9(16)6-12-10(17)14-22(18,19)15-11-13-7-4-2-3-5-8(7)21-11/h2-5H,6H2,1H3,(H,13,15)(H2,12,14,17). The maximum Gasteiger partial charge on any atom is 0.330 e. The van der Waals surface area contributed by atoms with Crippen LogP contribution in [0.15, 0.2) is 24.3 Å². The topological polar surface area (TPSA) is 126 Å². The number of aromatic nitrogens is 1. The number of fused-ring (bicyclic) bond motifs is 1. The Labute approximate surface area is 129 Å². The molecule has 2 amide bonds. The lowest BCUT2D eigenvalue weighted by Crippen LogP contribution is -2.44. The number of hydrogen-bond acceptors (Lipinski definition) is 7. The van der Waals surface area contributed by atoms with Crippen molar-refractivity contribution in [3.05, 3.63) is 24.3 Å². The summed E-state index contributed by atoms with van der Waals surface area (Å²) in [7, 11) is -3.01. The number of anilines is 1. The molecule has 0 unspecified atom stereocenters. The minimum atomic E-state index is -4.15. The highest BCUT2D eigenvalue weighted by Crippen LogP contribution is 2.25. The van der Waals surface area contributed by atoms with Crippen molar-refractivity contribution in [2.24, 2.45) is 0 Å². The van der Waals surface area contributed by atoms with Gasteiger partial charge >= 0.3 is 22.2 Å². The highest BCUT2D eigenvalue weighted by atomic mass is 32.2. The lowest BCUT2D eigenvalue weighted by atomic mass is 10.3. The number of thiazole rings is 1. The molecule has 0 radical (unpaired) electrons. The van der Waals surface area contributed by atoms with Gasteiger partial charge in [0.15, 0.2) is 5.13 Å². The summed E-state index contributed by atoms with van der Waals surface area (Å²) in [6, 6.07) is 6.05. The van der Waals surface area contributed by atoms with E-state index in [0.717, 1.165) is 23.1 Å². The Kier molecular flexibility index (Phi) is 4.78. The number of carbonyl (C=O) groups excluding carboxylic acids is 2. The molecule has 2 aromatic rings. The van der Waals surface area contributed by atoms with Gasteiger partial charge in [-0.25, -0.2) is 19.2 Å². The molecule has 118 valence electrons. The van der Waals surface area contributed by atoms with E-state index in [1.165, 1.54) is 0 Å². The molecular formula is C11H12N4O5S2. The van der Waals surface area contributed by atoms with Crippen molar-refractivity contribution in [2.75, 3.05) is 18.4 Å². The van der Waals surface area contributed by atoms with Crippen LogP contribution < -0.4 is 14.8 Å². The second kappa shape index (κ2) is 6.58. The van der Waals surface area contributed by atoms with Crippen molar-refractivity contribution < 1.29 is 22.7 Å². The number of rotatable bonds is 5. The number of nitrogens with one attached hydrogen (secondary N) is 3. The lowest BCUT2D eigenvalue weighted by Gasteiger charge is -2.07. The third-order valence-corrected chi connectivity index (χ3v) is 4.36. The molecule has 1 heterocycles. The van der Waals surface area contributed by atoms with Crippen LogP contribution in [0.3, 0.4) is 0 Å². The summed E-state index contributed by atoms with van der Waals surface area (Å²) in [5.41, 5.74) is 0.639. The maximum atomic E-state index is 11.8. The van der Waals surface area contributed by atoms with Crippen LogP contribution in [0.5, 0.6) is 0 Å². The van der Waals surface area contributed by atoms with Crippen LogP contribution in [0.25, 0.3) is 10.2 Å². The van der Waals surface area contributed by atoms with E-state index in [9.17, 15) is 18.0 Å². The molecule has 0 bridgehead atoms. The van der Waals surface area contributed by atoms with Crippen LogP contribution in [-0.4, -0.2) is 39.1 Å². The van der Waals surface area contributed by atoms with Crippen LogP contribution in [0.1, 0.15) is 0 Å². The normalized spacial score (nSPS) is 11.0. The van der Waals surface area contributed by atoms with E-state index in [4.69, 9.17) is 0 Å². The van der Waals surface area contributed by atoms with E-state index in [-0.39, 0.29) is 5.13 Å². The minimum Gasteiger partial charge on any atom is -0.468 e. The van der Waals surface area contributed by atoms with Gasteiger partial charge in [-0.15, -0.1) is 0 Å². The first kappa shape index (κ1) is 16.0. The molecule has 0 saturated heterocycles. The summed E-state index contributed by atoms with van der Waals surface area (Å²) in [6.45, 7) is -0.445. The van der Waals surface area contributed by atoms with Gasteiger partial charge in [0.25, 0.3) is 0 Å². The summed E-state index contributed by atoms with van der Waals surface area (Å²) < 4.78 is 32.5. The number of nitrogens with zero attached hydrogens (tertiary/aromatic N) is 1. The van der Waals surface area contributed by atoms with Gasteiger partial charge in [-0.3, -0.25) is 4.79 Å². The van der Waals surface area contributed by atoms with Gasteiger partial charge in [-0.1, -0.05) is 23.5 Å². The van der Waals surface area contributed by atoms with E-state index in [1.54, 1.807) is 29.0 Å². The molecule has 0 spiro atoms. The summed E-state index contributed by atoms with van der Waals surface area (Å²) in [4.78, 5) is 26.3. The molecule has 0 aliphatic carbocycles. The number of methoxy groups -OCH3 is 1. The fourth-order valence-electron chi connectivity index (χ4n) is 1.44. The zero-order chi connectivity index (χ0) is 16.2. The Morgan fingerprint density at radius 3 is 2.73 bits per heavy atom. The highest BCUT2D eigenvalue weighted by Gasteiger charge is 2.17. The van der Waals surface area contributed by atoms with Crippen LogP contribution in [-0.2, 0) is 19.7 Å². The monoisotopic (exact) mass is 344 g/mol. The molecule has 9 nitrogen and oxygen atoms in total. The predicted molar refractivity (Wildman–Crippen MR) is 80.7 cm³/mol. The van der Waals surface area contributed by atoms with Crippen molar-refractivity contribution in [2.45, 2.75) is 0 Å². The Morgan fingerprint density at radius 1 is 1.32 bits per heavy atom. The molecule has 1 aromatic carbocycles. The van der Waals surface area contributed by atoms with Crippen LogP contribution >= 0.6 is 11.3 Å². The minimum absolute atomic E-state index is 0.120. The second-order valence-electron chi connectivity index (χ2n) is 3.95. The molecule has 2 rings (SSSR count). The molecule has 0 saturated carbocycles. The molecule has 1 aromatic heterocycles. The average molecular weight is 344 g/mol. The second-order valence-corrected chi connectivity index (χ2v) is 6.40. The molecule has 22 heavy (non-hydrogen) atoms. The number of benzene rings is 1. The van der Waals surface area contributed by atoms with Gasteiger partial charge < -0.3 is 10.1 Å². The molecule has 0 aliphatic heterocycles. The summed E-state index contributed by atoms with van der Waals surface area (Å²) in [5, 5.41) is 2.16. The van der Waals surface area contributed by atoms with Crippen molar-refractivity contribution in [3.63, 3.8) is 0 Å². The molecule has 3 N–H and O–H groups in total. The number of para-hydroxylation sites is 1. The zero-order valence-corrected chi connectivity index (χ0v) is 13.0. The molecule has 11 heteroatoms. The third kappa shape index (κ3) is 4.30. The maximum absolute atomic E-state index is 11.8. The number of esters is 1. The number of urea groups is 1. The van der Waals surface area contributed by atoms with Gasteiger partial charge in [0.1, 0.15) is 6.54 Å². The SMILES string of the molecule is COC(=O)CNC(=O)NS(=O)(=O)Nc1nc2ccccc2s1. The van der Waals surface area contributed by atoms with Crippen LogP contribution in [0.4, 0.5) is 9.93 Å². The first-order valence-corrected chi connectivity index (χ1v) is 8.20. The third-order valence-electron chi connectivity index (χ3n) is 2.36.